The largest absolute Gasteiger partial charge is 0.480 e. The zero-order chi connectivity index (χ0) is 32.6. The molecule has 3 aromatic carbocycles. The van der Waals surface area contributed by atoms with Gasteiger partial charge in [0.25, 0.3) is 0 Å². The molecule has 0 aliphatic rings. The van der Waals surface area contributed by atoms with Crippen molar-refractivity contribution >= 4 is 58.1 Å². The van der Waals surface area contributed by atoms with E-state index in [9.17, 15) is 24.3 Å². The van der Waals surface area contributed by atoms with Crippen molar-refractivity contribution in [3.05, 3.63) is 108 Å². The number of aromatic nitrogens is 2. The van der Waals surface area contributed by atoms with E-state index in [0.29, 0.717) is 0 Å². The molecule has 3 amide bonds. The Labute approximate surface area is 270 Å². The van der Waals surface area contributed by atoms with E-state index in [2.05, 4.69) is 38.5 Å². The van der Waals surface area contributed by atoms with E-state index in [1.165, 1.54) is 0 Å². The van der Waals surface area contributed by atoms with Crippen LogP contribution in [0.3, 0.4) is 0 Å². The molecule has 11 nitrogen and oxygen atoms in total. The SMILES string of the molecule is NC(Cc1c[nH]c2ccccc12)C(=O)NC(CS)C(=O)NC(Cc1ccccc1)C(=O)NC(Cc1c[nH]c2ccccc12)C(=O)O. The van der Waals surface area contributed by atoms with Gasteiger partial charge < -0.3 is 36.8 Å². The first-order valence-corrected chi connectivity index (χ1v) is 15.5. The average molecular weight is 641 g/mol. The molecule has 2 aromatic heterocycles. The fraction of sp³-hybridized carbons (Fsp3) is 0.235. The summed E-state index contributed by atoms with van der Waals surface area (Å²) in [6.07, 6.45) is 3.88. The summed E-state index contributed by atoms with van der Waals surface area (Å²) in [5, 5.41) is 19.8. The van der Waals surface area contributed by atoms with E-state index in [1.807, 2.05) is 54.6 Å². The molecular weight excluding hydrogens is 604 g/mol. The number of carboxylic acid groups (broad SMARTS) is 1. The Morgan fingerprint density at radius 1 is 0.652 bits per heavy atom. The Morgan fingerprint density at radius 3 is 1.74 bits per heavy atom. The van der Waals surface area contributed by atoms with E-state index >= 15 is 0 Å². The van der Waals surface area contributed by atoms with Gasteiger partial charge in [-0.25, -0.2) is 4.79 Å². The summed E-state index contributed by atoms with van der Waals surface area (Å²) < 4.78 is 0. The van der Waals surface area contributed by atoms with Crippen LogP contribution in [0.5, 0.6) is 0 Å². The van der Waals surface area contributed by atoms with Crippen LogP contribution in [0.1, 0.15) is 16.7 Å². The van der Waals surface area contributed by atoms with Crippen molar-refractivity contribution in [3.63, 3.8) is 0 Å². The fourth-order valence-electron chi connectivity index (χ4n) is 5.43. The maximum absolute atomic E-state index is 13.6. The van der Waals surface area contributed by atoms with Crippen LogP contribution < -0.4 is 21.7 Å². The molecule has 8 N–H and O–H groups in total. The van der Waals surface area contributed by atoms with Gasteiger partial charge in [0, 0.05) is 52.8 Å². The quantitative estimate of drug-likeness (QED) is 0.0863. The first kappa shape index (κ1) is 32.3. The second kappa shape index (κ2) is 14.8. The predicted molar refractivity (Wildman–Crippen MR) is 179 cm³/mol. The lowest BCUT2D eigenvalue weighted by atomic mass is 10.0. The highest BCUT2D eigenvalue weighted by Gasteiger charge is 2.31. The van der Waals surface area contributed by atoms with Gasteiger partial charge in [-0.2, -0.15) is 12.6 Å². The van der Waals surface area contributed by atoms with Crippen molar-refractivity contribution in [1.82, 2.24) is 25.9 Å². The van der Waals surface area contributed by atoms with E-state index in [1.54, 1.807) is 36.7 Å². The van der Waals surface area contributed by atoms with E-state index in [0.717, 1.165) is 38.5 Å². The molecule has 5 rings (SSSR count). The number of para-hydroxylation sites is 2. The number of carbonyl (C=O) groups excluding carboxylic acids is 3. The molecule has 2 heterocycles. The molecule has 0 spiro atoms. The molecule has 46 heavy (non-hydrogen) atoms. The summed E-state index contributed by atoms with van der Waals surface area (Å²) >= 11 is 4.27. The van der Waals surface area contributed by atoms with Crippen LogP contribution in [0.4, 0.5) is 0 Å². The number of thiol groups is 1. The number of amides is 3. The third-order valence-corrected chi connectivity index (χ3v) is 8.26. The Morgan fingerprint density at radius 2 is 1.15 bits per heavy atom. The van der Waals surface area contributed by atoms with Crippen molar-refractivity contribution in [2.24, 2.45) is 5.73 Å². The zero-order valence-electron chi connectivity index (χ0n) is 24.9. The van der Waals surface area contributed by atoms with Crippen LogP contribution in [-0.2, 0) is 38.4 Å². The Hall–Kier alpha value is -5.07. The summed E-state index contributed by atoms with van der Waals surface area (Å²) in [5.41, 5.74) is 10.3. The average Bonchev–Trinajstić information content (AvgIpc) is 3.67. The molecule has 12 heteroatoms. The van der Waals surface area contributed by atoms with Crippen LogP contribution in [0.2, 0.25) is 0 Å². The molecular formula is C34H36N6O5S. The summed E-state index contributed by atoms with van der Waals surface area (Å²) in [5.74, 6) is -3.15. The number of hydrogen-bond donors (Lipinski definition) is 8. The van der Waals surface area contributed by atoms with Gasteiger partial charge in [0.05, 0.1) is 6.04 Å². The van der Waals surface area contributed by atoms with E-state index in [-0.39, 0.29) is 25.0 Å². The lowest BCUT2D eigenvalue weighted by Crippen LogP contribution is -2.58. The minimum absolute atomic E-state index is 0.0285. The highest BCUT2D eigenvalue weighted by molar-refractivity contribution is 7.80. The van der Waals surface area contributed by atoms with Gasteiger partial charge in [0.2, 0.25) is 17.7 Å². The highest BCUT2D eigenvalue weighted by atomic mass is 32.1. The van der Waals surface area contributed by atoms with Gasteiger partial charge in [0.1, 0.15) is 18.1 Å². The Kier molecular flexibility index (Phi) is 10.4. The molecule has 0 radical (unpaired) electrons. The third kappa shape index (κ3) is 7.76. The number of rotatable bonds is 14. The number of hydrogen-bond acceptors (Lipinski definition) is 6. The summed E-state index contributed by atoms with van der Waals surface area (Å²) in [6.45, 7) is 0. The topological polar surface area (TPSA) is 182 Å². The standard InChI is InChI=1S/C34H36N6O5S/c35-25(15-21-17-36-26-12-6-4-10-23(21)26)31(41)40-30(19-46)33(43)38-28(14-20-8-2-1-3-9-20)32(42)39-29(34(44)45)16-22-18-37-27-13-7-5-11-24(22)27/h1-13,17-18,25,28-30,36-37,46H,14-16,19,35H2,(H,38,43)(H,39,42)(H,40,41)(H,44,45). The smallest absolute Gasteiger partial charge is 0.326 e. The van der Waals surface area contributed by atoms with Crippen LogP contribution >= 0.6 is 12.6 Å². The number of carbonyl (C=O) groups is 4. The first-order valence-electron chi connectivity index (χ1n) is 14.9. The third-order valence-electron chi connectivity index (χ3n) is 7.90. The number of carboxylic acids is 1. The molecule has 4 unspecified atom stereocenters. The van der Waals surface area contributed by atoms with Gasteiger partial charge in [-0.15, -0.1) is 0 Å². The summed E-state index contributed by atoms with van der Waals surface area (Å²) in [4.78, 5) is 58.6. The number of nitrogens with one attached hydrogen (secondary N) is 5. The summed E-state index contributed by atoms with van der Waals surface area (Å²) in [6, 6.07) is 19.7. The summed E-state index contributed by atoms with van der Waals surface area (Å²) in [7, 11) is 0. The van der Waals surface area contributed by atoms with E-state index in [4.69, 9.17) is 5.73 Å². The van der Waals surface area contributed by atoms with Crippen molar-refractivity contribution in [2.75, 3.05) is 5.75 Å². The van der Waals surface area contributed by atoms with Gasteiger partial charge in [-0.05, 0) is 35.2 Å². The van der Waals surface area contributed by atoms with Crippen molar-refractivity contribution in [2.45, 2.75) is 43.4 Å². The predicted octanol–water partition coefficient (Wildman–Crippen LogP) is 2.47. The molecule has 0 bridgehead atoms. The zero-order valence-corrected chi connectivity index (χ0v) is 25.8. The number of H-pyrrole nitrogens is 2. The fourth-order valence-corrected chi connectivity index (χ4v) is 5.68. The molecule has 4 atom stereocenters. The number of nitrogens with two attached hydrogens (primary N) is 1. The van der Waals surface area contributed by atoms with Gasteiger partial charge in [-0.1, -0.05) is 66.7 Å². The van der Waals surface area contributed by atoms with Gasteiger partial charge >= 0.3 is 5.97 Å². The minimum Gasteiger partial charge on any atom is -0.480 e. The molecule has 0 saturated heterocycles. The van der Waals surface area contributed by atoms with Crippen LogP contribution in [0, 0.1) is 0 Å². The second-order valence-electron chi connectivity index (χ2n) is 11.1. The lowest BCUT2D eigenvalue weighted by Gasteiger charge is -2.25. The molecule has 0 saturated carbocycles. The number of aliphatic carboxylic acids is 1. The first-order chi connectivity index (χ1) is 22.2. The molecule has 238 valence electrons. The molecule has 5 aromatic rings. The number of aromatic amines is 2. The van der Waals surface area contributed by atoms with Gasteiger partial charge in [0.15, 0.2) is 0 Å². The normalized spacial score (nSPS) is 13.9. The van der Waals surface area contributed by atoms with Gasteiger partial charge in [-0.3, -0.25) is 14.4 Å². The van der Waals surface area contributed by atoms with Crippen LogP contribution in [0.25, 0.3) is 21.8 Å². The second-order valence-corrected chi connectivity index (χ2v) is 11.5. The lowest BCUT2D eigenvalue weighted by molar-refractivity contribution is -0.142. The maximum atomic E-state index is 13.6. The van der Waals surface area contributed by atoms with Crippen molar-refractivity contribution in [3.8, 4) is 0 Å². The van der Waals surface area contributed by atoms with Crippen LogP contribution in [-0.4, -0.2) is 68.7 Å². The number of fused-ring (bicyclic) bond motifs is 2. The van der Waals surface area contributed by atoms with Crippen molar-refractivity contribution in [1.29, 1.82) is 0 Å². The monoisotopic (exact) mass is 640 g/mol. The van der Waals surface area contributed by atoms with E-state index < -0.39 is 47.9 Å². The highest BCUT2D eigenvalue weighted by Crippen LogP contribution is 2.20. The molecule has 0 aliphatic heterocycles. The minimum atomic E-state index is -1.26. The Balaban J connectivity index is 1.27. The van der Waals surface area contributed by atoms with Crippen molar-refractivity contribution < 1.29 is 24.3 Å². The molecule has 0 fully saturated rings. The molecule has 0 aliphatic carbocycles. The maximum Gasteiger partial charge on any atom is 0.326 e. The Bertz CT molecular complexity index is 1840. The number of benzene rings is 3. The van der Waals surface area contributed by atoms with Crippen LogP contribution in [0.15, 0.2) is 91.3 Å².